The predicted molar refractivity (Wildman–Crippen MR) is 105 cm³/mol. The molecule has 0 aliphatic heterocycles. The molecule has 0 aliphatic carbocycles. The molecule has 3 N–H and O–H groups in total. The maximum absolute atomic E-state index is 9.61. The second kappa shape index (κ2) is 10.4. The molecule has 2 rings (SSSR count). The van der Waals surface area contributed by atoms with E-state index in [2.05, 4.69) is 13.0 Å². The van der Waals surface area contributed by atoms with Crippen molar-refractivity contribution in [3.8, 4) is 17.2 Å². The smallest absolute Gasteiger partial charge is 0.165 e. The second-order valence-electron chi connectivity index (χ2n) is 5.65. The maximum atomic E-state index is 9.61. The second-order valence-corrected chi connectivity index (χ2v) is 6.84. The Hall–Kier alpha value is -1.61. The van der Waals surface area contributed by atoms with Crippen molar-refractivity contribution in [1.82, 2.24) is 0 Å². The van der Waals surface area contributed by atoms with Crippen molar-refractivity contribution in [1.29, 1.82) is 0 Å². The predicted octanol–water partition coefficient (Wildman–Crippen LogP) is 5.23. The average molecular weight is 364 g/mol. The molecule has 0 aliphatic rings. The largest absolute Gasteiger partial charge is 0.508 e. The Bertz CT molecular complexity index is 684. The van der Waals surface area contributed by atoms with Gasteiger partial charge in [0, 0.05) is 6.16 Å². The van der Waals surface area contributed by atoms with E-state index in [-0.39, 0.29) is 5.75 Å². The van der Waals surface area contributed by atoms with Crippen LogP contribution in [0.25, 0.3) is 0 Å². The minimum atomic E-state index is -1.86. The van der Waals surface area contributed by atoms with Crippen molar-refractivity contribution < 1.29 is 19.6 Å². The van der Waals surface area contributed by atoms with Crippen molar-refractivity contribution >= 4 is 8.38 Å². The highest BCUT2D eigenvalue weighted by molar-refractivity contribution is 7.45. The van der Waals surface area contributed by atoms with Gasteiger partial charge in [0.05, 0.1) is 0 Å². The number of hydrogen-bond donors (Lipinski definition) is 3. The SMILES string of the molecule is CC.CCc1cc(CCP(O)O)cc(C)c1Oc1ccc(O)c(C)c1. The van der Waals surface area contributed by atoms with Crippen LogP contribution in [0, 0.1) is 13.8 Å². The molecule has 0 saturated heterocycles. The number of benzene rings is 2. The molecule has 0 atom stereocenters. The van der Waals surface area contributed by atoms with E-state index in [1.807, 2.05) is 39.8 Å². The normalized spacial score (nSPS) is 10.4. The zero-order valence-electron chi connectivity index (χ0n) is 15.7. The molecule has 5 heteroatoms. The zero-order valence-corrected chi connectivity index (χ0v) is 16.6. The lowest BCUT2D eigenvalue weighted by Gasteiger charge is -2.16. The summed E-state index contributed by atoms with van der Waals surface area (Å²) in [5.41, 5.74) is 3.97. The lowest BCUT2D eigenvalue weighted by Crippen LogP contribution is -1.98. The van der Waals surface area contributed by atoms with Gasteiger partial charge in [-0.3, -0.25) is 0 Å². The van der Waals surface area contributed by atoms with E-state index < -0.39 is 8.38 Å². The molecule has 2 aromatic rings. The van der Waals surface area contributed by atoms with E-state index in [9.17, 15) is 5.11 Å². The Labute approximate surface area is 152 Å². The van der Waals surface area contributed by atoms with E-state index >= 15 is 0 Å². The van der Waals surface area contributed by atoms with Crippen molar-refractivity contribution in [3.05, 3.63) is 52.6 Å². The van der Waals surface area contributed by atoms with E-state index in [4.69, 9.17) is 14.5 Å². The molecule has 4 nitrogen and oxygen atoms in total. The summed E-state index contributed by atoms with van der Waals surface area (Å²) in [5, 5.41) is 9.61. The highest BCUT2D eigenvalue weighted by Gasteiger charge is 2.11. The van der Waals surface area contributed by atoms with Crippen LogP contribution in [-0.2, 0) is 12.8 Å². The Morgan fingerprint density at radius 2 is 1.68 bits per heavy atom. The third-order valence-electron chi connectivity index (χ3n) is 3.78. The quantitative estimate of drug-likeness (QED) is 0.614. The van der Waals surface area contributed by atoms with Crippen LogP contribution in [0.2, 0.25) is 0 Å². The molecule has 0 spiro atoms. The first-order valence-electron chi connectivity index (χ1n) is 8.66. The number of phenolic OH excluding ortho intramolecular Hbond substituents is 1. The average Bonchev–Trinajstić information content (AvgIpc) is 2.59. The summed E-state index contributed by atoms with van der Waals surface area (Å²) in [5.74, 6) is 1.78. The van der Waals surface area contributed by atoms with Crippen molar-refractivity contribution in [2.75, 3.05) is 6.16 Å². The molecule has 0 aromatic heterocycles. The van der Waals surface area contributed by atoms with E-state index in [1.54, 1.807) is 12.1 Å². The Kier molecular flexibility index (Phi) is 8.91. The molecule has 0 saturated carbocycles. The van der Waals surface area contributed by atoms with Crippen LogP contribution in [0.5, 0.6) is 17.2 Å². The van der Waals surface area contributed by atoms with Crippen LogP contribution in [0.1, 0.15) is 43.0 Å². The number of aromatic hydroxyl groups is 1. The van der Waals surface area contributed by atoms with Crippen LogP contribution >= 0.6 is 8.38 Å². The summed E-state index contributed by atoms with van der Waals surface area (Å²) in [6.45, 7) is 9.89. The van der Waals surface area contributed by atoms with Crippen molar-refractivity contribution in [3.63, 3.8) is 0 Å². The summed E-state index contributed by atoms with van der Waals surface area (Å²) < 4.78 is 6.04. The molecule has 25 heavy (non-hydrogen) atoms. The zero-order chi connectivity index (χ0) is 19.0. The van der Waals surface area contributed by atoms with Crippen LogP contribution in [0.15, 0.2) is 30.3 Å². The molecule has 0 unspecified atom stereocenters. The third-order valence-corrected chi connectivity index (χ3v) is 4.40. The fraction of sp³-hybridized carbons (Fsp3) is 0.400. The maximum Gasteiger partial charge on any atom is 0.165 e. The van der Waals surface area contributed by atoms with Gasteiger partial charge in [0.1, 0.15) is 17.2 Å². The fourth-order valence-electron chi connectivity index (χ4n) is 2.52. The minimum absolute atomic E-state index is 0.254. The van der Waals surface area contributed by atoms with Gasteiger partial charge < -0.3 is 19.6 Å². The molecule has 0 fully saturated rings. The number of hydrogen-bond acceptors (Lipinski definition) is 4. The fourth-order valence-corrected chi connectivity index (χ4v) is 2.98. The first kappa shape index (κ1) is 21.4. The number of rotatable bonds is 6. The van der Waals surface area contributed by atoms with Gasteiger partial charge in [-0.25, -0.2) is 0 Å². The van der Waals surface area contributed by atoms with Gasteiger partial charge in [-0.05, 0) is 67.1 Å². The summed E-state index contributed by atoms with van der Waals surface area (Å²) in [6.07, 6.45) is 1.86. The van der Waals surface area contributed by atoms with Crippen LogP contribution < -0.4 is 4.74 Å². The first-order valence-corrected chi connectivity index (χ1v) is 10.1. The van der Waals surface area contributed by atoms with Gasteiger partial charge in [-0.1, -0.05) is 32.9 Å². The molecule has 0 amide bonds. The van der Waals surface area contributed by atoms with Gasteiger partial charge in [0.2, 0.25) is 0 Å². The standard InChI is InChI=1S/C18H23O4P.C2H6/c1-4-15-11-14(7-8-23(20)21)9-13(3)18(15)22-16-5-6-17(19)12(2)10-16;1-2/h5-6,9-11,19-21H,4,7-8H2,1-3H3;1-2H3. The molecule has 138 valence electrons. The molecule has 2 aromatic carbocycles. The highest BCUT2D eigenvalue weighted by atomic mass is 31.2. The molecule has 0 bridgehead atoms. The van der Waals surface area contributed by atoms with Gasteiger partial charge in [-0.2, -0.15) is 0 Å². The van der Waals surface area contributed by atoms with E-state index in [1.165, 1.54) is 0 Å². The summed E-state index contributed by atoms with van der Waals surface area (Å²) in [4.78, 5) is 18.2. The topological polar surface area (TPSA) is 69.9 Å². The Morgan fingerprint density at radius 1 is 1.00 bits per heavy atom. The first-order chi connectivity index (χ1) is 11.9. The van der Waals surface area contributed by atoms with E-state index in [0.717, 1.165) is 34.4 Å². The number of aryl methyl sites for hydroxylation is 4. The molecule has 0 heterocycles. The number of ether oxygens (including phenoxy) is 1. The van der Waals surface area contributed by atoms with Gasteiger partial charge >= 0.3 is 0 Å². The van der Waals surface area contributed by atoms with Crippen LogP contribution in [0.4, 0.5) is 0 Å². The monoisotopic (exact) mass is 364 g/mol. The van der Waals surface area contributed by atoms with Crippen LogP contribution in [-0.4, -0.2) is 21.1 Å². The van der Waals surface area contributed by atoms with Gasteiger partial charge in [-0.15, -0.1) is 0 Å². The summed E-state index contributed by atoms with van der Waals surface area (Å²) in [7, 11) is -1.86. The summed E-state index contributed by atoms with van der Waals surface area (Å²) in [6, 6.07) is 9.28. The Balaban J connectivity index is 0.00000151. The Morgan fingerprint density at radius 3 is 2.24 bits per heavy atom. The number of phenols is 1. The third kappa shape index (κ3) is 6.32. The molecular formula is C20H29O4P. The van der Waals surface area contributed by atoms with Crippen molar-refractivity contribution in [2.45, 2.75) is 47.5 Å². The summed E-state index contributed by atoms with van der Waals surface area (Å²) >= 11 is 0. The van der Waals surface area contributed by atoms with Gasteiger partial charge in [0.15, 0.2) is 8.38 Å². The molecular weight excluding hydrogens is 335 g/mol. The minimum Gasteiger partial charge on any atom is -0.508 e. The van der Waals surface area contributed by atoms with Crippen LogP contribution in [0.3, 0.4) is 0 Å². The highest BCUT2D eigenvalue weighted by Crippen LogP contribution is 2.33. The van der Waals surface area contributed by atoms with Gasteiger partial charge in [0.25, 0.3) is 0 Å². The van der Waals surface area contributed by atoms with Crippen molar-refractivity contribution in [2.24, 2.45) is 0 Å². The lowest BCUT2D eigenvalue weighted by molar-refractivity contribution is 0.457. The lowest BCUT2D eigenvalue weighted by atomic mass is 10.0. The van der Waals surface area contributed by atoms with E-state index in [0.29, 0.717) is 18.3 Å². The molecule has 0 radical (unpaired) electrons.